The van der Waals surface area contributed by atoms with E-state index in [0.717, 1.165) is 0 Å². The summed E-state index contributed by atoms with van der Waals surface area (Å²) in [5.74, 6) is -2.35. The molecule has 4 rings (SSSR count). The lowest BCUT2D eigenvalue weighted by Gasteiger charge is -2.34. The van der Waals surface area contributed by atoms with Crippen molar-refractivity contribution in [3.63, 3.8) is 0 Å². The Kier molecular flexibility index (Phi) is 3.95. The molecular formula is C19H15FN4O3. The van der Waals surface area contributed by atoms with E-state index in [1.807, 2.05) is 0 Å². The van der Waals surface area contributed by atoms with Gasteiger partial charge in [-0.3, -0.25) is 9.48 Å². The number of carboxylic acids is 1. The third-order valence-electron chi connectivity index (χ3n) is 4.72. The van der Waals surface area contributed by atoms with Crippen molar-refractivity contribution in [2.75, 3.05) is 5.32 Å². The third-order valence-corrected chi connectivity index (χ3v) is 4.72. The van der Waals surface area contributed by atoms with Crippen molar-refractivity contribution in [3.8, 4) is 0 Å². The number of aryl methyl sites for hydroxylation is 1. The Hall–Kier alpha value is -3.55. The zero-order chi connectivity index (χ0) is 19.1. The molecule has 136 valence electrons. The number of rotatable bonds is 3. The van der Waals surface area contributed by atoms with Gasteiger partial charge in [0.05, 0.1) is 17.2 Å². The molecule has 0 saturated heterocycles. The van der Waals surface area contributed by atoms with Crippen molar-refractivity contribution in [1.82, 2.24) is 14.8 Å². The van der Waals surface area contributed by atoms with E-state index in [4.69, 9.17) is 0 Å². The number of aromatic carboxylic acids is 1. The van der Waals surface area contributed by atoms with Gasteiger partial charge in [0.15, 0.2) is 5.78 Å². The Morgan fingerprint density at radius 1 is 1.22 bits per heavy atom. The number of carbonyl (C=O) groups is 2. The molecule has 0 saturated carbocycles. The molecule has 0 fully saturated rings. The topological polar surface area (TPSA) is 97.1 Å². The second kappa shape index (κ2) is 6.31. The molecule has 8 heteroatoms. The Morgan fingerprint density at radius 2 is 1.96 bits per heavy atom. The number of carbonyl (C=O) groups excluding carboxylic acids is 1. The highest BCUT2D eigenvalue weighted by Gasteiger charge is 2.41. The maximum atomic E-state index is 13.4. The van der Waals surface area contributed by atoms with Crippen molar-refractivity contribution in [2.24, 2.45) is 7.05 Å². The Morgan fingerprint density at radius 3 is 2.59 bits per heavy atom. The fourth-order valence-corrected chi connectivity index (χ4v) is 3.47. The minimum atomic E-state index is -1.18. The molecule has 2 N–H and O–H groups in total. The maximum absolute atomic E-state index is 13.4. The molecule has 1 aliphatic rings. The van der Waals surface area contributed by atoms with Crippen LogP contribution >= 0.6 is 0 Å². The average molecular weight is 366 g/mol. The molecule has 2 atom stereocenters. The highest BCUT2D eigenvalue weighted by molar-refractivity contribution is 6.14. The van der Waals surface area contributed by atoms with Gasteiger partial charge in [-0.2, -0.15) is 5.10 Å². The molecule has 0 amide bonds. The molecule has 27 heavy (non-hydrogen) atoms. The number of nitrogens with zero attached hydrogens (tertiary/aromatic N) is 3. The SMILES string of the molecule is Cn1ncnc1C1C(=O)c2c(cccc2C(=O)O)NC1c1ccc(F)cc1. The van der Waals surface area contributed by atoms with E-state index in [2.05, 4.69) is 15.4 Å². The number of carboxylic acid groups (broad SMARTS) is 1. The number of aromatic nitrogens is 3. The number of hydrogen-bond donors (Lipinski definition) is 2. The van der Waals surface area contributed by atoms with Gasteiger partial charge >= 0.3 is 5.97 Å². The highest BCUT2D eigenvalue weighted by Crippen LogP contribution is 2.42. The summed E-state index contributed by atoms with van der Waals surface area (Å²) in [6.45, 7) is 0. The number of halogens is 1. The van der Waals surface area contributed by atoms with E-state index < -0.39 is 17.9 Å². The molecular weight excluding hydrogens is 351 g/mol. The lowest BCUT2D eigenvalue weighted by atomic mass is 9.80. The largest absolute Gasteiger partial charge is 0.478 e. The summed E-state index contributed by atoms with van der Waals surface area (Å²) in [6, 6.07) is 9.91. The second-order valence-corrected chi connectivity index (χ2v) is 6.29. The first kappa shape index (κ1) is 16.9. The van der Waals surface area contributed by atoms with Gasteiger partial charge in [-0.25, -0.2) is 14.2 Å². The molecule has 2 unspecified atom stereocenters. The molecule has 0 aliphatic carbocycles. The minimum absolute atomic E-state index is 0.0743. The minimum Gasteiger partial charge on any atom is -0.478 e. The smallest absolute Gasteiger partial charge is 0.336 e. The van der Waals surface area contributed by atoms with Crippen molar-refractivity contribution < 1.29 is 19.1 Å². The predicted octanol–water partition coefficient (Wildman–Crippen LogP) is 2.79. The summed E-state index contributed by atoms with van der Waals surface area (Å²) in [7, 11) is 1.66. The molecule has 0 bridgehead atoms. The molecule has 2 heterocycles. The summed E-state index contributed by atoms with van der Waals surface area (Å²) in [5, 5.41) is 16.8. The number of fused-ring (bicyclic) bond motifs is 1. The normalized spacial score (nSPS) is 18.7. The van der Waals surface area contributed by atoms with Crippen LogP contribution < -0.4 is 5.32 Å². The van der Waals surface area contributed by atoms with Crippen LogP contribution in [0.25, 0.3) is 0 Å². The van der Waals surface area contributed by atoms with E-state index in [9.17, 15) is 19.1 Å². The van der Waals surface area contributed by atoms with Crippen LogP contribution in [0.15, 0.2) is 48.8 Å². The van der Waals surface area contributed by atoms with Crippen LogP contribution in [-0.2, 0) is 7.05 Å². The molecule has 0 spiro atoms. The summed E-state index contributed by atoms with van der Waals surface area (Å²) in [5.41, 5.74) is 1.14. The first-order valence-corrected chi connectivity index (χ1v) is 8.24. The molecule has 3 aromatic rings. The summed E-state index contributed by atoms with van der Waals surface area (Å²) >= 11 is 0. The third kappa shape index (κ3) is 2.75. The van der Waals surface area contributed by atoms with Crippen molar-refractivity contribution >= 4 is 17.4 Å². The summed E-state index contributed by atoms with van der Waals surface area (Å²) in [6.07, 6.45) is 1.34. The number of hydrogen-bond acceptors (Lipinski definition) is 5. The fourth-order valence-electron chi connectivity index (χ4n) is 3.47. The van der Waals surface area contributed by atoms with Crippen LogP contribution in [0.2, 0.25) is 0 Å². The van der Waals surface area contributed by atoms with Gasteiger partial charge in [0.1, 0.15) is 23.9 Å². The zero-order valence-electron chi connectivity index (χ0n) is 14.3. The van der Waals surface area contributed by atoms with Crippen LogP contribution in [0.1, 0.15) is 44.1 Å². The number of ketones is 1. The number of nitrogens with one attached hydrogen (secondary N) is 1. The van der Waals surface area contributed by atoms with Crippen LogP contribution in [-0.4, -0.2) is 31.6 Å². The van der Waals surface area contributed by atoms with Crippen LogP contribution in [0, 0.1) is 5.82 Å². The zero-order valence-corrected chi connectivity index (χ0v) is 14.3. The Balaban J connectivity index is 1.92. The summed E-state index contributed by atoms with van der Waals surface area (Å²) < 4.78 is 14.8. The maximum Gasteiger partial charge on any atom is 0.336 e. The standard InChI is InChI=1S/C19H15FN4O3/c1-24-18(21-9-22-24)15-16(10-5-7-11(20)8-6-10)23-13-4-2-3-12(19(26)27)14(13)17(15)25/h2-9,15-16,23H,1H3,(H,26,27). The van der Waals surface area contributed by atoms with Gasteiger partial charge in [-0.1, -0.05) is 18.2 Å². The van der Waals surface area contributed by atoms with Crippen molar-refractivity contribution in [3.05, 3.63) is 77.1 Å². The van der Waals surface area contributed by atoms with Crippen molar-refractivity contribution in [2.45, 2.75) is 12.0 Å². The molecule has 2 aromatic carbocycles. The van der Waals surface area contributed by atoms with E-state index in [0.29, 0.717) is 17.1 Å². The van der Waals surface area contributed by atoms with Crippen LogP contribution in [0.4, 0.5) is 10.1 Å². The number of Topliss-reactive ketones (excluding diaryl/α,β-unsaturated/α-hetero) is 1. The van der Waals surface area contributed by atoms with Gasteiger partial charge in [-0.15, -0.1) is 0 Å². The van der Waals surface area contributed by atoms with Crippen molar-refractivity contribution in [1.29, 1.82) is 0 Å². The van der Waals surface area contributed by atoms with Gasteiger partial charge in [0, 0.05) is 12.7 Å². The van der Waals surface area contributed by atoms with Gasteiger partial charge in [0.2, 0.25) is 0 Å². The number of anilines is 1. The lowest BCUT2D eigenvalue weighted by molar-refractivity contribution is 0.0690. The summed E-state index contributed by atoms with van der Waals surface area (Å²) in [4.78, 5) is 29.2. The van der Waals surface area contributed by atoms with E-state index in [-0.39, 0.29) is 22.7 Å². The van der Waals surface area contributed by atoms with Crippen LogP contribution in [0.3, 0.4) is 0 Å². The Labute approximate surface area is 153 Å². The van der Waals surface area contributed by atoms with E-state index >= 15 is 0 Å². The van der Waals surface area contributed by atoms with Gasteiger partial charge < -0.3 is 10.4 Å². The molecule has 1 aromatic heterocycles. The second-order valence-electron chi connectivity index (χ2n) is 6.29. The predicted molar refractivity (Wildman–Crippen MR) is 94.2 cm³/mol. The lowest BCUT2D eigenvalue weighted by Crippen LogP contribution is -2.34. The molecule has 1 aliphatic heterocycles. The fraction of sp³-hybridized carbons (Fsp3) is 0.158. The first-order chi connectivity index (χ1) is 13.0. The van der Waals surface area contributed by atoms with E-state index in [1.54, 1.807) is 31.3 Å². The van der Waals surface area contributed by atoms with Crippen LogP contribution in [0.5, 0.6) is 0 Å². The molecule has 7 nitrogen and oxygen atoms in total. The van der Waals surface area contributed by atoms with Gasteiger partial charge in [0.25, 0.3) is 0 Å². The molecule has 0 radical (unpaired) electrons. The quantitative estimate of drug-likeness (QED) is 0.740. The number of benzene rings is 2. The Bertz CT molecular complexity index is 1050. The highest BCUT2D eigenvalue weighted by atomic mass is 19.1. The van der Waals surface area contributed by atoms with Gasteiger partial charge in [-0.05, 0) is 29.8 Å². The average Bonchev–Trinajstić information content (AvgIpc) is 3.07. The van der Waals surface area contributed by atoms with E-state index in [1.165, 1.54) is 29.2 Å². The first-order valence-electron chi connectivity index (χ1n) is 8.24. The monoisotopic (exact) mass is 366 g/mol.